The van der Waals surface area contributed by atoms with Crippen molar-refractivity contribution in [2.75, 3.05) is 0 Å². The van der Waals surface area contributed by atoms with E-state index in [0.717, 1.165) is 72.4 Å². The van der Waals surface area contributed by atoms with Crippen LogP contribution in [0.15, 0.2) is 136 Å². The van der Waals surface area contributed by atoms with Crippen molar-refractivity contribution in [1.82, 2.24) is 4.57 Å². The van der Waals surface area contributed by atoms with Gasteiger partial charge in [-0.25, -0.2) is 13.8 Å². The van der Waals surface area contributed by atoms with Crippen LogP contribution < -0.4 is 14.9 Å². The van der Waals surface area contributed by atoms with E-state index in [2.05, 4.69) is 30.3 Å². The van der Waals surface area contributed by atoms with Crippen LogP contribution in [0, 0.1) is 11.6 Å². The molecule has 0 fully saturated rings. The first kappa shape index (κ1) is 29.2. The van der Waals surface area contributed by atoms with Crippen LogP contribution in [0.4, 0.5) is 8.78 Å². The van der Waals surface area contributed by atoms with E-state index in [1.807, 2.05) is 41.0 Å². The van der Waals surface area contributed by atoms with Crippen LogP contribution >= 0.6 is 34.9 Å². The first-order chi connectivity index (χ1) is 22.5. The van der Waals surface area contributed by atoms with Crippen LogP contribution in [0.5, 0.6) is 0 Å². The third-order valence-electron chi connectivity index (χ3n) is 8.36. The van der Waals surface area contributed by atoms with Gasteiger partial charge in [0.15, 0.2) is 4.80 Å². The van der Waals surface area contributed by atoms with Crippen molar-refractivity contribution < 1.29 is 8.78 Å². The molecular weight excluding hydrogens is 635 g/mol. The van der Waals surface area contributed by atoms with Gasteiger partial charge in [-0.2, -0.15) is 0 Å². The Balaban J connectivity index is 1.32. The molecule has 8 rings (SSSR count). The summed E-state index contributed by atoms with van der Waals surface area (Å²) in [5.74, 6) is -0.597. The maximum absolute atomic E-state index is 14.5. The first-order valence-corrected chi connectivity index (χ1v) is 17.5. The summed E-state index contributed by atoms with van der Waals surface area (Å²) in [5, 5.41) is 0. The molecule has 0 amide bonds. The molecule has 0 N–H and O–H groups in total. The second-order valence-electron chi connectivity index (χ2n) is 11.3. The molecule has 1 unspecified atom stereocenters. The van der Waals surface area contributed by atoms with Gasteiger partial charge < -0.3 is 0 Å². The Kier molecular flexibility index (Phi) is 7.72. The molecule has 3 nitrogen and oxygen atoms in total. The van der Waals surface area contributed by atoms with Gasteiger partial charge in [-0.15, -0.1) is 0 Å². The second-order valence-corrected chi connectivity index (χ2v) is 14.6. The average molecular weight is 661 g/mol. The molecule has 4 aromatic carbocycles. The van der Waals surface area contributed by atoms with E-state index in [1.165, 1.54) is 35.6 Å². The van der Waals surface area contributed by atoms with Crippen molar-refractivity contribution in [3.05, 3.63) is 180 Å². The van der Waals surface area contributed by atoms with Crippen LogP contribution in [0.25, 0.3) is 20.1 Å². The lowest BCUT2D eigenvalue weighted by molar-refractivity contribution is 0.551. The molecule has 46 heavy (non-hydrogen) atoms. The number of halogens is 2. The molecule has 5 aromatic rings. The maximum atomic E-state index is 14.5. The maximum Gasteiger partial charge on any atom is 0.272 e. The minimum Gasteiger partial charge on any atom is -0.272 e. The van der Waals surface area contributed by atoms with Gasteiger partial charge in [-0.1, -0.05) is 120 Å². The summed E-state index contributed by atoms with van der Waals surface area (Å²) < 4.78 is 31.2. The zero-order chi connectivity index (χ0) is 31.2. The van der Waals surface area contributed by atoms with Crippen LogP contribution in [-0.4, -0.2) is 4.57 Å². The number of thioether (sulfide) groups is 2. The summed E-state index contributed by atoms with van der Waals surface area (Å²) in [7, 11) is 0. The zero-order valence-corrected chi connectivity index (χ0v) is 26.9. The van der Waals surface area contributed by atoms with E-state index >= 15 is 0 Å². The molecule has 2 aliphatic heterocycles. The van der Waals surface area contributed by atoms with Crippen molar-refractivity contribution in [3.63, 3.8) is 0 Å². The molecule has 8 heteroatoms. The van der Waals surface area contributed by atoms with Crippen molar-refractivity contribution >= 4 is 55.0 Å². The van der Waals surface area contributed by atoms with Crippen molar-refractivity contribution in [3.8, 4) is 0 Å². The SMILES string of the molecule is O=c1c(=C2SC(c3ccccc3)=C(c3ccccc3)S2)sc2n1C(c1ccc(F)cc1)C1=C(N=2)C(=Cc2ccc(F)cc2)CCC1. The largest absolute Gasteiger partial charge is 0.272 e. The third-order valence-corrected chi connectivity index (χ3v) is 12.4. The molecule has 0 saturated carbocycles. The van der Waals surface area contributed by atoms with Crippen LogP contribution in [0.2, 0.25) is 0 Å². The van der Waals surface area contributed by atoms with E-state index < -0.39 is 6.04 Å². The highest BCUT2D eigenvalue weighted by Crippen LogP contribution is 2.57. The van der Waals surface area contributed by atoms with Gasteiger partial charge >= 0.3 is 0 Å². The summed E-state index contributed by atoms with van der Waals surface area (Å²) in [5.41, 5.74) is 6.87. The standard InChI is InChI=1S/C38H26F2N2OS3/c39-28-18-14-23(15-19-28)22-27-12-7-13-30-31(27)41-38-42(32(30)24-16-20-29(40)21-17-24)36(43)35(46-38)37-44-33(25-8-3-1-4-9-25)34(45-37)26-10-5-2-6-11-26/h1-6,8-11,14-22,32H,7,12-13H2. The summed E-state index contributed by atoms with van der Waals surface area (Å²) in [6.07, 6.45) is 4.57. The van der Waals surface area contributed by atoms with Crippen molar-refractivity contribution in [1.29, 1.82) is 0 Å². The Labute approximate surface area is 277 Å². The van der Waals surface area contributed by atoms with Crippen LogP contribution in [0.3, 0.4) is 0 Å². The number of thiazole rings is 1. The average Bonchev–Trinajstić information content (AvgIpc) is 3.68. The minimum atomic E-state index is -0.398. The summed E-state index contributed by atoms with van der Waals surface area (Å²) in [6.45, 7) is 0. The fourth-order valence-electron chi connectivity index (χ4n) is 6.23. The number of hydrogen-bond donors (Lipinski definition) is 0. The van der Waals surface area contributed by atoms with Gasteiger partial charge in [0.1, 0.15) is 16.2 Å². The van der Waals surface area contributed by atoms with Gasteiger partial charge in [0.2, 0.25) is 0 Å². The van der Waals surface area contributed by atoms with Crippen molar-refractivity contribution in [2.45, 2.75) is 25.3 Å². The molecule has 1 aliphatic carbocycles. The Hall–Kier alpha value is -4.24. The molecule has 1 aromatic heterocycles. The molecule has 3 aliphatic rings. The smallest absolute Gasteiger partial charge is 0.272 e. The predicted octanol–water partition coefficient (Wildman–Crippen LogP) is 9.00. The van der Waals surface area contributed by atoms with E-state index in [1.54, 1.807) is 47.8 Å². The summed E-state index contributed by atoms with van der Waals surface area (Å²) in [4.78, 5) is 22.6. The minimum absolute atomic E-state index is 0.0871. The number of aromatic nitrogens is 1. The van der Waals surface area contributed by atoms with E-state index in [9.17, 15) is 13.6 Å². The van der Waals surface area contributed by atoms with Gasteiger partial charge in [-0.3, -0.25) is 9.36 Å². The lowest BCUT2D eigenvalue weighted by Crippen LogP contribution is -2.39. The topological polar surface area (TPSA) is 34.4 Å². The Morgan fingerprint density at radius 3 is 1.93 bits per heavy atom. The molecular formula is C38H26F2N2OS3. The molecule has 3 heterocycles. The molecule has 226 valence electrons. The van der Waals surface area contributed by atoms with Gasteiger partial charge in [0.25, 0.3) is 5.56 Å². The number of rotatable bonds is 4. The lowest BCUT2D eigenvalue weighted by atomic mass is 9.84. The summed E-state index contributed by atoms with van der Waals surface area (Å²) in [6, 6.07) is 33.1. The lowest BCUT2D eigenvalue weighted by Gasteiger charge is -2.31. The number of allylic oxidation sites excluding steroid dienone is 2. The highest BCUT2D eigenvalue weighted by atomic mass is 32.2. The zero-order valence-electron chi connectivity index (χ0n) is 24.5. The van der Waals surface area contributed by atoms with E-state index in [0.29, 0.717) is 9.33 Å². The fourth-order valence-corrected chi connectivity index (χ4v) is 10.2. The molecule has 0 radical (unpaired) electrons. The van der Waals surface area contributed by atoms with Crippen LogP contribution in [0.1, 0.15) is 47.6 Å². The van der Waals surface area contributed by atoms with E-state index in [-0.39, 0.29) is 17.2 Å². The second kappa shape index (κ2) is 12.2. The predicted molar refractivity (Wildman–Crippen MR) is 187 cm³/mol. The first-order valence-electron chi connectivity index (χ1n) is 15.0. The Morgan fingerprint density at radius 2 is 1.33 bits per heavy atom. The monoisotopic (exact) mass is 660 g/mol. The number of nitrogens with zero attached hydrogens (tertiary/aromatic N) is 2. The highest BCUT2D eigenvalue weighted by Gasteiger charge is 2.34. The molecule has 0 saturated heterocycles. The van der Waals surface area contributed by atoms with Gasteiger partial charge in [0, 0.05) is 9.81 Å². The Bertz CT molecular complexity index is 2200. The highest BCUT2D eigenvalue weighted by molar-refractivity contribution is 8.41. The molecule has 0 bridgehead atoms. The Morgan fingerprint density at radius 1 is 0.739 bits per heavy atom. The normalized spacial score (nSPS) is 18.5. The number of benzene rings is 4. The van der Waals surface area contributed by atoms with Gasteiger partial charge in [-0.05, 0) is 83.0 Å². The summed E-state index contributed by atoms with van der Waals surface area (Å²) >= 11 is 4.68. The third kappa shape index (κ3) is 5.34. The molecule has 1 atom stereocenters. The van der Waals surface area contributed by atoms with Crippen molar-refractivity contribution in [2.24, 2.45) is 4.99 Å². The van der Waals surface area contributed by atoms with E-state index in [4.69, 9.17) is 4.99 Å². The fraction of sp³-hybridized carbons (Fsp3) is 0.105. The number of fused-ring (bicyclic) bond motifs is 1. The van der Waals surface area contributed by atoms with Crippen LogP contribution in [-0.2, 0) is 0 Å². The number of hydrogen-bond acceptors (Lipinski definition) is 5. The molecule has 0 spiro atoms. The van der Waals surface area contributed by atoms with Gasteiger partial charge in [0.05, 0.1) is 16.0 Å². The quantitative estimate of drug-likeness (QED) is 0.193.